The molecule has 3 heterocycles. The molecule has 5 rings (SSSR count). The highest BCUT2D eigenvalue weighted by molar-refractivity contribution is 6.00. The number of hydrogen-bond acceptors (Lipinski definition) is 6. The molecule has 3 fully saturated rings. The second-order valence-corrected chi connectivity index (χ2v) is 13.2. The molecule has 1 unspecified atom stereocenters. The van der Waals surface area contributed by atoms with Gasteiger partial charge in [-0.3, -0.25) is 24.0 Å². The quantitative estimate of drug-likeness (QED) is 0.514. The zero-order chi connectivity index (χ0) is 29.3. The Morgan fingerprint density at radius 2 is 1.71 bits per heavy atom. The van der Waals surface area contributed by atoms with Gasteiger partial charge in [0.1, 0.15) is 11.6 Å². The van der Waals surface area contributed by atoms with Gasteiger partial charge in [-0.1, -0.05) is 6.07 Å². The molecule has 1 aromatic heterocycles. The van der Waals surface area contributed by atoms with Gasteiger partial charge in [-0.05, 0) is 102 Å². The topological polar surface area (TPSA) is 115 Å². The van der Waals surface area contributed by atoms with Crippen LogP contribution >= 0.6 is 0 Å². The van der Waals surface area contributed by atoms with Crippen LogP contribution in [-0.2, 0) is 27.8 Å². The molecule has 2 saturated heterocycles. The van der Waals surface area contributed by atoms with Gasteiger partial charge in [0.15, 0.2) is 0 Å². The Morgan fingerprint density at radius 3 is 2.37 bits per heavy atom. The van der Waals surface area contributed by atoms with Crippen molar-refractivity contribution in [1.29, 1.82) is 0 Å². The summed E-state index contributed by atoms with van der Waals surface area (Å²) in [5, 5.41) is 5.41. The molecular weight excluding hydrogens is 522 g/mol. The minimum absolute atomic E-state index is 0.190. The molecule has 3 amide bonds. The van der Waals surface area contributed by atoms with Crippen molar-refractivity contribution in [2.45, 2.75) is 109 Å². The number of aromatic nitrogens is 2. The molecule has 2 aliphatic heterocycles. The van der Waals surface area contributed by atoms with Crippen LogP contribution in [-0.4, -0.2) is 62.7 Å². The summed E-state index contributed by atoms with van der Waals surface area (Å²) in [5.41, 5.74) is 2.06. The zero-order valence-electron chi connectivity index (χ0n) is 24.9. The first-order chi connectivity index (χ1) is 19.5. The highest BCUT2D eigenvalue weighted by Crippen LogP contribution is 2.32. The molecule has 2 N–H and O–H groups in total. The Morgan fingerprint density at radius 1 is 1.00 bits per heavy atom. The van der Waals surface area contributed by atoms with E-state index in [0.29, 0.717) is 18.4 Å². The van der Waals surface area contributed by atoms with Crippen LogP contribution in [0.25, 0.3) is 11.0 Å². The minimum atomic E-state index is -0.656. The number of fused-ring (bicyclic) bond motifs is 1. The number of rotatable bonds is 6. The van der Waals surface area contributed by atoms with Gasteiger partial charge in [-0.2, -0.15) is 0 Å². The molecule has 0 spiro atoms. The third kappa shape index (κ3) is 6.85. The number of nitrogens with one attached hydrogen (secondary N) is 2. The van der Waals surface area contributed by atoms with Gasteiger partial charge in [0.2, 0.25) is 11.8 Å². The third-order valence-corrected chi connectivity index (χ3v) is 9.10. The second kappa shape index (κ2) is 12.0. The average molecular weight is 568 g/mol. The summed E-state index contributed by atoms with van der Waals surface area (Å²) >= 11 is 0. The van der Waals surface area contributed by atoms with Crippen molar-refractivity contribution >= 4 is 28.9 Å². The minimum Gasteiger partial charge on any atom is -0.444 e. The molecule has 1 atom stereocenters. The molecule has 41 heavy (non-hydrogen) atoms. The normalized spacial score (nSPS) is 24.8. The Labute approximate surface area is 241 Å². The number of piperidine rings is 2. The maximum Gasteiger partial charge on any atom is 0.407 e. The lowest BCUT2D eigenvalue weighted by Crippen LogP contribution is -2.49. The highest BCUT2D eigenvalue weighted by Gasteiger charge is 2.32. The first kappa shape index (κ1) is 29.4. The van der Waals surface area contributed by atoms with Gasteiger partial charge in [-0.15, -0.1) is 0 Å². The van der Waals surface area contributed by atoms with Gasteiger partial charge < -0.3 is 15.0 Å². The van der Waals surface area contributed by atoms with Crippen molar-refractivity contribution in [2.75, 3.05) is 13.1 Å². The number of ether oxygens (including phenoxy) is 1. The largest absolute Gasteiger partial charge is 0.444 e. The molecule has 0 radical (unpaired) electrons. The van der Waals surface area contributed by atoms with Gasteiger partial charge in [0.05, 0.1) is 11.0 Å². The van der Waals surface area contributed by atoms with Crippen LogP contribution in [0.2, 0.25) is 0 Å². The summed E-state index contributed by atoms with van der Waals surface area (Å²) in [4.78, 5) is 51.8. The Hall–Kier alpha value is -3.14. The molecule has 1 aliphatic carbocycles. The molecule has 2 aromatic rings. The first-order valence-electron chi connectivity index (χ1n) is 15.3. The lowest BCUT2D eigenvalue weighted by atomic mass is 9.81. The fraction of sp³-hybridized carbons (Fsp3) is 0.677. The van der Waals surface area contributed by atoms with E-state index in [1.54, 1.807) is 16.2 Å². The third-order valence-electron chi connectivity index (χ3n) is 9.10. The van der Waals surface area contributed by atoms with E-state index >= 15 is 0 Å². The molecule has 224 valence electrons. The number of amides is 3. The van der Waals surface area contributed by atoms with Crippen molar-refractivity contribution in [3.8, 4) is 0 Å². The summed E-state index contributed by atoms with van der Waals surface area (Å²) in [6.45, 7) is 7.70. The number of nitrogens with zero attached hydrogens (tertiary/aromatic N) is 3. The smallest absolute Gasteiger partial charge is 0.407 e. The first-order valence-corrected chi connectivity index (χ1v) is 15.3. The van der Waals surface area contributed by atoms with E-state index in [9.17, 15) is 19.2 Å². The summed E-state index contributed by atoms with van der Waals surface area (Å²) in [7, 11) is 1.74. The lowest BCUT2D eigenvalue weighted by molar-refractivity contribution is -0.135. The number of carbonyl (C=O) groups is 3. The fourth-order valence-electron chi connectivity index (χ4n) is 6.85. The summed E-state index contributed by atoms with van der Waals surface area (Å²) in [5.74, 6) is 0.00981. The predicted octanol–water partition coefficient (Wildman–Crippen LogP) is 3.80. The van der Waals surface area contributed by atoms with Crippen molar-refractivity contribution in [2.24, 2.45) is 13.0 Å². The fourth-order valence-corrected chi connectivity index (χ4v) is 6.85. The molecule has 3 aliphatic rings. The van der Waals surface area contributed by atoms with Crippen LogP contribution in [0, 0.1) is 5.92 Å². The summed E-state index contributed by atoms with van der Waals surface area (Å²) in [6.07, 6.45) is 9.19. The molecule has 0 bridgehead atoms. The van der Waals surface area contributed by atoms with Gasteiger partial charge in [0.25, 0.3) is 0 Å². The van der Waals surface area contributed by atoms with Crippen LogP contribution in [0.3, 0.4) is 0 Å². The maximum absolute atomic E-state index is 13.0. The van der Waals surface area contributed by atoms with E-state index in [-0.39, 0.29) is 30.2 Å². The van der Waals surface area contributed by atoms with Crippen LogP contribution in [0.4, 0.5) is 4.79 Å². The van der Waals surface area contributed by atoms with Crippen LogP contribution in [0.1, 0.15) is 90.2 Å². The number of alkyl carbamates (subject to hydrolysis) is 1. The van der Waals surface area contributed by atoms with E-state index < -0.39 is 17.6 Å². The van der Waals surface area contributed by atoms with Crippen molar-refractivity contribution < 1.29 is 19.1 Å². The van der Waals surface area contributed by atoms with Crippen LogP contribution in [0.15, 0.2) is 23.0 Å². The van der Waals surface area contributed by atoms with E-state index in [1.807, 2.05) is 26.8 Å². The van der Waals surface area contributed by atoms with Gasteiger partial charge in [-0.25, -0.2) is 9.59 Å². The van der Waals surface area contributed by atoms with E-state index in [2.05, 4.69) is 27.7 Å². The van der Waals surface area contributed by atoms with Gasteiger partial charge >= 0.3 is 11.8 Å². The van der Waals surface area contributed by atoms with Crippen LogP contribution in [0.5, 0.6) is 0 Å². The Balaban J connectivity index is 1.10. The predicted molar refractivity (Wildman–Crippen MR) is 157 cm³/mol. The van der Waals surface area contributed by atoms with E-state index in [0.717, 1.165) is 49.8 Å². The van der Waals surface area contributed by atoms with Gasteiger partial charge in [0, 0.05) is 38.6 Å². The van der Waals surface area contributed by atoms with Crippen LogP contribution < -0.4 is 16.3 Å². The van der Waals surface area contributed by atoms with Crippen molar-refractivity contribution in [1.82, 2.24) is 24.7 Å². The SMILES string of the molecule is Cn1c(=O)n(C2CCC(=O)NC2=O)c2ccc(CCC3CCC(N4CCC(NC(=O)OC(C)(C)C)CC4)CC3)cc21. The maximum atomic E-state index is 13.0. The molecule has 10 heteroatoms. The highest BCUT2D eigenvalue weighted by atomic mass is 16.6. The molecular formula is C31H45N5O5. The number of imidazole rings is 1. The molecule has 1 saturated carbocycles. The number of hydrogen-bond donors (Lipinski definition) is 2. The van der Waals surface area contributed by atoms with Crippen molar-refractivity contribution in [3.05, 3.63) is 34.2 Å². The number of aryl methyl sites for hydroxylation is 2. The van der Waals surface area contributed by atoms with Crippen molar-refractivity contribution in [3.63, 3.8) is 0 Å². The number of likely N-dealkylation sites (tertiary alicyclic amines) is 1. The number of carbonyl (C=O) groups excluding carboxylic acids is 3. The van der Waals surface area contributed by atoms with E-state index in [4.69, 9.17) is 4.74 Å². The summed E-state index contributed by atoms with van der Waals surface area (Å²) in [6, 6.07) is 6.28. The molecule has 10 nitrogen and oxygen atoms in total. The van der Waals surface area contributed by atoms with E-state index in [1.165, 1.54) is 31.2 Å². The molecule has 1 aromatic carbocycles. The monoisotopic (exact) mass is 567 g/mol. The standard InChI is InChI=1S/C31H45N5O5/c1-31(2,3)41-29(39)32-22-15-17-35(18-16-22)23-10-7-20(8-11-23)5-6-21-9-12-24-26(19-21)34(4)30(40)36(24)25-13-14-27(37)33-28(25)38/h9,12,19-20,22-23,25H,5-8,10-11,13-18H2,1-4H3,(H,32,39)(H,33,37,38). The second-order valence-electron chi connectivity index (χ2n) is 13.2. The number of benzene rings is 1. The Bertz CT molecular complexity index is 1340. The number of imide groups is 1. The Kier molecular flexibility index (Phi) is 8.59. The zero-order valence-corrected chi connectivity index (χ0v) is 24.9. The lowest BCUT2D eigenvalue weighted by Gasteiger charge is -2.41. The average Bonchev–Trinajstić information content (AvgIpc) is 3.16. The summed E-state index contributed by atoms with van der Waals surface area (Å²) < 4.78 is 8.56.